The van der Waals surface area contributed by atoms with E-state index in [1.807, 2.05) is 58.6 Å². The molecular formula is C23H25N3OS. The van der Waals surface area contributed by atoms with Crippen LogP contribution in [0.15, 0.2) is 60.8 Å². The predicted octanol–water partition coefficient (Wildman–Crippen LogP) is 4.81. The molecule has 1 aromatic heterocycles. The quantitative estimate of drug-likeness (QED) is 0.643. The normalized spacial score (nSPS) is 17.4. The zero-order chi connectivity index (χ0) is 19.5. The van der Waals surface area contributed by atoms with E-state index in [0.29, 0.717) is 10.8 Å². The van der Waals surface area contributed by atoms with Gasteiger partial charge in [-0.3, -0.25) is 4.79 Å². The maximum Gasteiger partial charge on any atom is 0.257 e. The van der Waals surface area contributed by atoms with E-state index in [1.54, 1.807) is 6.20 Å². The molecule has 0 spiro atoms. The van der Waals surface area contributed by atoms with Crippen LogP contribution in [0.4, 0.5) is 0 Å². The highest BCUT2D eigenvalue weighted by molar-refractivity contribution is 7.99. The Bertz CT molecular complexity index is 967. The van der Waals surface area contributed by atoms with Crippen molar-refractivity contribution in [3.63, 3.8) is 0 Å². The van der Waals surface area contributed by atoms with Gasteiger partial charge in [0.25, 0.3) is 5.91 Å². The molecule has 0 aliphatic carbocycles. The lowest BCUT2D eigenvalue weighted by molar-refractivity contribution is 0.0766. The van der Waals surface area contributed by atoms with Crippen LogP contribution in [0.5, 0.6) is 0 Å². The van der Waals surface area contributed by atoms with Gasteiger partial charge < -0.3 is 4.90 Å². The minimum absolute atomic E-state index is 0.0886. The number of nitrogens with zero attached hydrogens (tertiary/aromatic N) is 3. The molecule has 1 amide bonds. The van der Waals surface area contributed by atoms with E-state index in [1.165, 1.54) is 11.1 Å². The average Bonchev–Trinajstić information content (AvgIpc) is 2.94. The summed E-state index contributed by atoms with van der Waals surface area (Å²) in [5.41, 5.74) is 5.30. The highest BCUT2D eigenvalue weighted by atomic mass is 32.2. The summed E-state index contributed by atoms with van der Waals surface area (Å²) >= 11 is 1.96. The van der Waals surface area contributed by atoms with Gasteiger partial charge in [0.2, 0.25) is 0 Å². The maximum atomic E-state index is 13.2. The van der Waals surface area contributed by atoms with Gasteiger partial charge in [-0.2, -0.15) is 16.9 Å². The smallest absolute Gasteiger partial charge is 0.257 e. The molecule has 0 bridgehead atoms. The first-order valence-corrected chi connectivity index (χ1v) is 10.8. The molecule has 2 heterocycles. The molecule has 4 rings (SSSR count). The standard InChI is InChI=1S/C23H25N3OS/c1-17-8-6-7-11-20(17)22-12-13-25(14-15-28-22)23(27)21-16-24-26(18(21)2)19-9-4-3-5-10-19/h3-11,16,22H,12-15H2,1-2H3. The summed E-state index contributed by atoms with van der Waals surface area (Å²) in [6.45, 7) is 5.70. The van der Waals surface area contributed by atoms with Crippen LogP contribution in [-0.4, -0.2) is 39.4 Å². The monoisotopic (exact) mass is 391 g/mol. The van der Waals surface area contributed by atoms with Gasteiger partial charge in [0, 0.05) is 24.1 Å². The number of hydrogen-bond donors (Lipinski definition) is 0. The highest BCUT2D eigenvalue weighted by Crippen LogP contribution is 2.36. The van der Waals surface area contributed by atoms with Crippen LogP contribution >= 0.6 is 11.8 Å². The minimum atomic E-state index is 0.0886. The Balaban J connectivity index is 1.50. The Hall–Kier alpha value is -2.53. The maximum absolute atomic E-state index is 13.2. The van der Waals surface area contributed by atoms with Crippen molar-refractivity contribution in [1.82, 2.24) is 14.7 Å². The van der Waals surface area contributed by atoms with Crippen LogP contribution in [0.3, 0.4) is 0 Å². The molecule has 1 aliphatic rings. The molecular weight excluding hydrogens is 366 g/mol. The molecule has 1 fully saturated rings. The van der Waals surface area contributed by atoms with Gasteiger partial charge in [-0.1, -0.05) is 42.5 Å². The van der Waals surface area contributed by atoms with Gasteiger partial charge in [0.1, 0.15) is 0 Å². The Morgan fingerprint density at radius 2 is 1.79 bits per heavy atom. The number of hydrogen-bond acceptors (Lipinski definition) is 3. The molecule has 1 unspecified atom stereocenters. The van der Waals surface area contributed by atoms with Crippen LogP contribution in [-0.2, 0) is 0 Å². The van der Waals surface area contributed by atoms with Crippen molar-refractivity contribution < 1.29 is 4.79 Å². The summed E-state index contributed by atoms with van der Waals surface area (Å²) in [4.78, 5) is 15.2. The molecule has 3 aromatic rings. The summed E-state index contributed by atoms with van der Waals surface area (Å²) in [5.74, 6) is 1.04. The molecule has 144 valence electrons. The Kier molecular flexibility index (Phi) is 5.53. The number of benzene rings is 2. The van der Waals surface area contributed by atoms with Gasteiger partial charge in [0.15, 0.2) is 0 Å². The third kappa shape index (κ3) is 3.72. The molecule has 0 N–H and O–H groups in total. The summed E-state index contributed by atoms with van der Waals surface area (Å²) < 4.78 is 1.84. The minimum Gasteiger partial charge on any atom is -0.338 e. The fourth-order valence-electron chi connectivity index (χ4n) is 3.79. The van der Waals surface area contributed by atoms with Crippen LogP contribution in [0.1, 0.15) is 38.8 Å². The lowest BCUT2D eigenvalue weighted by atomic mass is 10.0. The lowest BCUT2D eigenvalue weighted by Gasteiger charge is -2.20. The van der Waals surface area contributed by atoms with Crippen molar-refractivity contribution >= 4 is 17.7 Å². The predicted molar refractivity (Wildman–Crippen MR) is 115 cm³/mol. The number of carbonyl (C=O) groups is 1. The van der Waals surface area contributed by atoms with Crippen molar-refractivity contribution in [2.75, 3.05) is 18.8 Å². The van der Waals surface area contributed by atoms with Crippen LogP contribution in [0, 0.1) is 13.8 Å². The van der Waals surface area contributed by atoms with E-state index in [2.05, 4.69) is 36.3 Å². The first-order valence-electron chi connectivity index (χ1n) is 9.71. The number of rotatable bonds is 3. The summed E-state index contributed by atoms with van der Waals surface area (Å²) in [6, 6.07) is 18.5. The van der Waals surface area contributed by atoms with Gasteiger partial charge >= 0.3 is 0 Å². The fourth-order valence-corrected chi connectivity index (χ4v) is 5.12. The average molecular weight is 392 g/mol. The van der Waals surface area contributed by atoms with Crippen molar-refractivity contribution in [3.05, 3.63) is 83.2 Å². The molecule has 1 aliphatic heterocycles. The zero-order valence-corrected chi connectivity index (χ0v) is 17.2. The van der Waals surface area contributed by atoms with Crippen LogP contribution in [0.25, 0.3) is 5.69 Å². The van der Waals surface area contributed by atoms with Crippen LogP contribution < -0.4 is 0 Å². The van der Waals surface area contributed by atoms with Gasteiger partial charge in [-0.25, -0.2) is 4.68 Å². The van der Waals surface area contributed by atoms with Gasteiger partial charge in [0.05, 0.1) is 23.1 Å². The van der Waals surface area contributed by atoms with E-state index in [4.69, 9.17) is 0 Å². The number of para-hydroxylation sites is 1. The largest absolute Gasteiger partial charge is 0.338 e. The van der Waals surface area contributed by atoms with Crippen molar-refractivity contribution in [2.24, 2.45) is 0 Å². The Morgan fingerprint density at radius 3 is 2.57 bits per heavy atom. The molecule has 5 heteroatoms. The number of aryl methyl sites for hydroxylation is 1. The van der Waals surface area contributed by atoms with E-state index in [0.717, 1.165) is 36.6 Å². The van der Waals surface area contributed by atoms with Gasteiger partial charge in [-0.15, -0.1) is 0 Å². The second kappa shape index (κ2) is 8.23. The third-order valence-corrected chi connectivity index (χ3v) is 6.72. The van der Waals surface area contributed by atoms with Crippen LogP contribution in [0.2, 0.25) is 0 Å². The molecule has 2 aromatic carbocycles. The first-order chi connectivity index (χ1) is 13.6. The molecule has 1 atom stereocenters. The van der Waals surface area contributed by atoms with Crippen molar-refractivity contribution in [2.45, 2.75) is 25.5 Å². The topological polar surface area (TPSA) is 38.1 Å². The number of thioether (sulfide) groups is 1. The molecule has 28 heavy (non-hydrogen) atoms. The first kappa shape index (κ1) is 18.8. The molecule has 1 saturated heterocycles. The van der Waals surface area contributed by atoms with E-state index < -0.39 is 0 Å². The fraction of sp³-hybridized carbons (Fsp3) is 0.304. The highest BCUT2D eigenvalue weighted by Gasteiger charge is 2.25. The van der Waals surface area contributed by atoms with Crippen molar-refractivity contribution in [3.8, 4) is 5.69 Å². The van der Waals surface area contributed by atoms with E-state index >= 15 is 0 Å². The number of aromatic nitrogens is 2. The SMILES string of the molecule is Cc1ccccc1C1CCN(C(=O)c2cnn(-c3ccccc3)c2C)CCS1. The van der Waals surface area contributed by atoms with E-state index in [-0.39, 0.29) is 5.91 Å². The Morgan fingerprint density at radius 1 is 1.04 bits per heavy atom. The number of amides is 1. The lowest BCUT2D eigenvalue weighted by Crippen LogP contribution is -2.33. The summed E-state index contributed by atoms with van der Waals surface area (Å²) in [5, 5.41) is 4.91. The Labute approximate surface area is 170 Å². The zero-order valence-electron chi connectivity index (χ0n) is 16.3. The van der Waals surface area contributed by atoms with Crippen molar-refractivity contribution in [1.29, 1.82) is 0 Å². The van der Waals surface area contributed by atoms with E-state index in [9.17, 15) is 4.79 Å². The summed E-state index contributed by atoms with van der Waals surface area (Å²) in [6.07, 6.45) is 2.69. The second-order valence-corrected chi connectivity index (χ2v) is 8.50. The third-order valence-electron chi connectivity index (χ3n) is 5.40. The number of carbonyl (C=O) groups excluding carboxylic acids is 1. The second-order valence-electron chi connectivity index (χ2n) is 7.19. The molecule has 0 radical (unpaired) electrons. The van der Waals surface area contributed by atoms with Gasteiger partial charge in [-0.05, 0) is 43.5 Å². The molecule has 0 saturated carbocycles. The molecule has 4 nitrogen and oxygen atoms in total. The summed E-state index contributed by atoms with van der Waals surface area (Å²) in [7, 11) is 0.